The van der Waals surface area contributed by atoms with E-state index in [4.69, 9.17) is 17.3 Å². The first-order chi connectivity index (χ1) is 9.52. The maximum Gasteiger partial charge on any atom is 0.0881 e. The molecule has 0 spiro atoms. The number of hydrogen-bond acceptors (Lipinski definition) is 2. The van der Waals surface area contributed by atoms with Crippen LogP contribution in [-0.2, 0) is 0 Å². The Morgan fingerprint density at radius 2 is 1.75 bits per heavy atom. The number of hydrogen-bond donors (Lipinski definition) is 2. The van der Waals surface area contributed by atoms with E-state index in [9.17, 15) is 5.11 Å². The SMILES string of the molecule is NCC(c1ccc(Cl)cc1)C(O)c1cc(Br)ccc1Br. The quantitative estimate of drug-likeness (QED) is 0.758. The Morgan fingerprint density at radius 3 is 2.35 bits per heavy atom. The van der Waals surface area contributed by atoms with Crippen LogP contribution in [0, 0.1) is 0 Å². The summed E-state index contributed by atoms with van der Waals surface area (Å²) in [5, 5.41) is 11.3. The monoisotopic (exact) mass is 417 g/mol. The molecular formula is C15H14Br2ClNO. The second-order valence-corrected chi connectivity index (χ2v) is 6.71. The molecule has 0 aromatic heterocycles. The molecule has 2 nitrogen and oxygen atoms in total. The summed E-state index contributed by atoms with van der Waals surface area (Å²) in [6.45, 7) is 0.349. The van der Waals surface area contributed by atoms with Gasteiger partial charge in [-0.2, -0.15) is 0 Å². The van der Waals surface area contributed by atoms with Gasteiger partial charge >= 0.3 is 0 Å². The summed E-state index contributed by atoms with van der Waals surface area (Å²) in [7, 11) is 0. The normalized spacial score (nSPS) is 14.1. The molecule has 0 saturated carbocycles. The summed E-state index contributed by atoms with van der Waals surface area (Å²) in [4.78, 5) is 0. The second-order valence-electron chi connectivity index (χ2n) is 4.50. The van der Waals surface area contributed by atoms with Gasteiger partial charge in [0.25, 0.3) is 0 Å². The van der Waals surface area contributed by atoms with Crippen molar-refractivity contribution >= 4 is 43.5 Å². The topological polar surface area (TPSA) is 46.2 Å². The lowest BCUT2D eigenvalue weighted by molar-refractivity contribution is 0.146. The lowest BCUT2D eigenvalue weighted by atomic mass is 9.89. The molecule has 2 rings (SSSR count). The molecule has 0 aliphatic heterocycles. The average Bonchev–Trinajstić information content (AvgIpc) is 2.44. The van der Waals surface area contributed by atoms with Crippen LogP contribution in [0.1, 0.15) is 23.1 Å². The molecule has 2 atom stereocenters. The third-order valence-electron chi connectivity index (χ3n) is 3.21. The zero-order chi connectivity index (χ0) is 14.7. The van der Waals surface area contributed by atoms with Gasteiger partial charge in [-0.15, -0.1) is 0 Å². The summed E-state index contributed by atoms with van der Waals surface area (Å²) < 4.78 is 1.78. The minimum atomic E-state index is -0.687. The molecule has 0 heterocycles. The molecule has 106 valence electrons. The summed E-state index contributed by atoms with van der Waals surface area (Å²) in [5.74, 6) is -0.183. The first-order valence-corrected chi connectivity index (χ1v) is 8.08. The van der Waals surface area contributed by atoms with E-state index in [1.54, 1.807) is 0 Å². The van der Waals surface area contributed by atoms with Crippen LogP contribution in [0.25, 0.3) is 0 Å². The molecule has 2 unspecified atom stereocenters. The van der Waals surface area contributed by atoms with Crippen molar-refractivity contribution in [2.75, 3.05) is 6.54 Å². The maximum atomic E-state index is 10.6. The van der Waals surface area contributed by atoms with Crippen LogP contribution in [-0.4, -0.2) is 11.7 Å². The summed E-state index contributed by atoms with van der Waals surface area (Å²) >= 11 is 12.8. The van der Waals surface area contributed by atoms with Crippen LogP contribution < -0.4 is 5.73 Å². The van der Waals surface area contributed by atoms with Gasteiger partial charge < -0.3 is 10.8 Å². The highest BCUT2D eigenvalue weighted by Gasteiger charge is 2.23. The van der Waals surface area contributed by atoms with Crippen molar-refractivity contribution in [3.63, 3.8) is 0 Å². The van der Waals surface area contributed by atoms with Crippen LogP contribution in [0.4, 0.5) is 0 Å². The van der Waals surface area contributed by atoms with Crippen molar-refractivity contribution in [2.45, 2.75) is 12.0 Å². The third-order valence-corrected chi connectivity index (χ3v) is 4.68. The molecule has 0 saturated heterocycles. The van der Waals surface area contributed by atoms with E-state index < -0.39 is 6.10 Å². The third kappa shape index (κ3) is 3.62. The molecule has 3 N–H and O–H groups in total. The van der Waals surface area contributed by atoms with E-state index in [0.29, 0.717) is 11.6 Å². The first kappa shape index (κ1) is 16.0. The maximum absolute atomic E-state index is 10.6. The molecule has 2 aromatic rings. The van der Waals surface area contributed by atoms with Crippen LogP contribution >= 0.6 is 43.5 Å². The first-order valence-electron chi connectivity index (χ1n) is 6.11. The van der Waals surface area contributed by atoms with Gasteiger partial charge in [-0.05, 0) is 41.5 Å². The van der Waals surface area contributed by atoms with E-state index in [1.807, 2.05) is 42.5 Å². The van der Waals surface area contributed by atoms with Gasteiger partial charge in [-0.1, -0.05) is 55.6 Å². The van der Waals surface area contributed by atoms with Crippen molar-refractivity contribution in [2.24, 2.45) is 5.73 Å². The standard InChI is InChI=1S/C15H14Br2ClNO/c16-10-3-6-14(17)12(7-10)15(20)13(8-19)9-1-4-11(18)5-2-9/h1-7,13,15,20H,8,19H2. The van der Waals surface area contributed by atoms with E-state index in [1.165, 1.54) is 0 Å². The lowest BCUT2D eigenvalue weighted by Crippen LogP contribution is -2.20. The van der Waals surface area contributed by atoms with Crippen molar-refractivity contribution < 1.29 is 5.11 Å². The molecule has 0 bridgehead atoms. The number of aliphatic hydroxyl groups is 1. The Morgan fingerprint density at radius 1 is 1.10 bits per heavy atom. The highest BCUT2D eigenvalue weighted by molar-refractivity contribution is 9.11. The van der Waals surface area contributed by atoms with Crippen molar-refractivity contribution in [1.29, 1.82) is 0 Å². The molecule has 20 heavy (non-hydrogen) atoms. The van der Waals surface area contributed by atoms with E-state index >= 15 is 0 Å². The highest BCUT2D eigenvalue weighted by atomic mass is 79.9. The molecule has 0 amide bonds. The van der Waals surface area contributed by atoms with Crippen molar-refractivity contribution in [3.8, 4) is 0 Å². The summed E-state index contributed by atoms with van der Waals surface area (Å²) in [5.41, 5.74) is 7.63. The number of nitrogens with two attached hydrogens (primary N) is 1. The molecular weight excluding hydrogens is 405 g/mol. The fourth-order valence-electron chi connectivity index (χ4n) is 2.12. The van der Waals surface area contributed by atoms with Crippen molar-refractivity contribution in [3.05, 3.63) is 67.6 Å². The molecule has 0 fully saturated rings. The van der Waals surface area contributed by atoms with Crippen LogP contribution in [0.3, 0.4) is 0 Å². The largest absolute Gasteiger partial charge is 0.388 e. The van der Waals surface area contributed by atoms with Gasteiger partial charge in [0, 0.05) is 26.4 Å². The number of halogens is 3. The Kier molecular flexibility index (Phi) is 5.64. The zero-order valence-corrected chi connectivity index (χ0v) is 14.5. The van der Waals surface area contributed by atoms with Gasteiger partial charge in [0.1, 0.15) is 0 Å². The smallest absolute Gasteiger partial charge is 0.0881 e. The Hall–Kier alpha value is -0.390. The van der Waals surface area contributed by atoms with Crippen LogP contribution in [0.15, 0.2) is 51.4 Å². The average molecular weight is 420 g/mol. The molecule has 0 radical (unpaired) electrons. The van der Waals surface area contributed by atoms with Crippen LogP contribution in [0.5, 0.6) is 0 Å². The number of aliphatic hydroxyl groups excluding tert-OH is 1. The molecule has 0 aliphatic rings. The summed E-state index contributed by atoms with van der Waals surface area (Å²) in [6.07, 6.45) is -0.687. The molecule has 0 aliphatic carbocycles. The molecule has 5 heteroatoms. The fourth-order valence-corrected chi connectivity index (χ4v) is 3.10. The predicted octanol–water partition coefficient (Wildman–Crippen LogP) is 4.64. The molecule has 2 aromatic carbocycles. The number of rotatable bonds is 4. The Labute approximate surface area is 140 Å². The Balaban J connectivity index is 2.35. The van der Waals surface area contributed by atoms with Crippen molar-refractivity contribution in [1.82, 2.24) is 0 Å². The van der Waals surface area contributed by atoms with Crippen LogP contribution in [0.2, 0.25) is 5.02 Å². The minimum Gasteiger partial charge on any atom is -0.388 e. The highest BCUT2D eigenvalue weighted by Crippen LogP contribution is 2.35. The predicted molar refractivity (Wildman–Crippen MR) is 90.0 cm³/mol. The van der Waals surface area contributed by atoms with Gasteiger partial charge in [0.2, 0.25) is 0 Å². The van der Waals surface area contributed by atoms with E-state index in [2.05, 4.69) is 31.9 Å². The second kappa shape index (κ2) is 7.05. The lowest BCUT2D eigenvalue weighted by Gasteiger charge is -2.23. The number of benzene rings is 2. The van der Waals surface area contributed by atoms with Gasteiger partial charge in [-0.3, -0.25) is 0 Å². The van der Waals surface area contributed by atoms with Gasteiger partial charge in [0.15, 0.2) is 0 Å². The minimum absolute atomic E-state index is 0.183. The van der Waals surface area contributed by atoms with Gasteiger partial charge in [-0.25, -0.2) is 0 Å². The fraction of sp³-hybridized carbons (Fsp3) is 0.200. The van der Waals surface area contributed by atoms with Gasteiger partial charge in [0.05, 0.1) is 6.10 Å². The van der Waals surface area contributed by atoms with E-state index in [0.717, 1.165) is 20.1 Å². The summed E-state index contributed by atoms with van der Waals surface area (Å²) in [6, 6.07) is 13.1. The Bertz CT molecular complexity index is 589. The zero-order valence-electron chi connectivity index (χ0n) is 10.6. The van der Waals surface area contributed by atoms with E-state index in [-0.39, 0.29) is 5.92 Å².